The average Bonchev–Trinajstić information content (AvgIpc) is 2.62. The zero-order valence-electron chi connectivity index (χ0n) is 12.7. The molecule has 0 radical (unpaired) electrons. The summed E-state index contributed by atoms with van der Waals surface area (Å²) in [5, 5.41) is 3.65. The molecule has 3 aromatic carbocycles. The van der Waals surface area contributed by atoms with E-state index in [2.05, 4.69) is 53.8 Å². The molecular formula is C21H18FN. The van der Waals surface area contributed by atoms with Gasteiger partial charge in [-0.15, -0.1) is 0 Å². The maximum absolute atomic E-state index is 13.3. The van der Waals surface area contributed by atoms with E-state index >= 15 is 0 Å². The zero-order valence-corrected chi connectivity index (χ0v) is 12.7. The summed E-state index contributed by atoms with van der Waals surface area (Å²) in [6, 6.07) is 26.1. The van der Waals surface area contributed by atoms with Crippen LogP contribution < -0.4 is 5.32 Å². The minimum absolute atomic E-state index is 0.185. The number of benzene rings is 3. The van der Waals surface area contributed by atoms with Crippen LogP contribution in [0.15, 0.2) is 78.9 Å². The van der Waals surface area contributed by atoms with Gasteiger partial charge in [-0.3, -0.25) is 0 Å². The average molecular weight is 303 g/mol. The van der Waals surface area contributed by atoms with Gasteiger partial charge in [0.15, 0.2) is 0 Å². The summed E-state index contributed by atoms with van der Waals surface area (Å²) < 4.78 is 13.3. The zero-order chi connectivity index (χ0) is 15.6. The first-order valence-electron chi connectivity index (χ1n) is 7.97. The van der Waals surface area contributed by atoms with Crippen molar-refractivity contribution in [1.29, 1.82) is 0 Å². The van der Waals surface area contributed by atoms with Crippen LogP contribution in [0.4, 0.5) is 10.1 Å². The second-order valence-corrected chi connectivity index (χ2v) is 6.03. The maximum atomic E-state index is 13.3. The second kappa shape index (κ2) is 5.88. The van der Waals surface area contributed by atoms with Gasteiger partial charge in [-0.1, -0.05) is 60.7 Å². The van der Waals surface area contributed by atoms with Crippen LogP contribution in [0.25, 0.3) is 0 Å². The predicted molar refractivity (Wildman–Crippen MR) is 92.1 cm³/mol. The van der Waals surface area contributed by atoms with Gasteiger partial charge < -0.3 is 5.32 Å². The molecule has 0 amide bonds. The fraction of sp³-hybridized carbons (Fsp3) is 0.143. The van der Waals surface area contributed by atoms with Gasteiger partial charge >= 0.3 is 0 Å². The molecule has 23 heavy (non-hydrogen) atoms. The summed E-state index contributed by atoms with van der Waals surface area (Å²) in [6.07, 6.45) is 0.965. The molecule has 2 atom stereocenters. The lowest BCUT2D eigenvalue weighted by atomic mass is 9.80. The van der Waals surface area contributed by atoms with Crippen molar-refractivity contribution in [3.05, 3.63) is 101 Å². The van der Waals surface area contributed by atoms with Gasteiger partial charge in [-0.2, -0.15) is 0 Å². The van der Waals surface area contributed by atoms with Crippen LogP contribution in [-0.4, -0.2) is 0 Å². The Hall–Kier alpha value is -2.61. The molecule has 0 saturated carbocycles. The first-order chi connectivity index (χ1) is 11.3. The van der Waals surface area contributed by atoms with Crippen LogP contribution in [0.5, 0.6) is 0 Å². The molecule has 1 aliphatic rings. The smallest absolute Gasteiger partial charge is 0.123 e. The van der Waals surface area contributed by atoms with Crippen molar-refractivity contribution in [2.24, 2.45) is 0 Å². The highest BCUT2D eigenvalue weighted by Gasteiger charge is 2.28. The van der Waals surface area contributed by atoms with E-state index in [9.17, 15) is 4.39 Å². The van der Waals surface area contributed by atoms with E-state index < -0.39 is 0 Å². The van der Waals surface area contributed by atoms with Gasteiger partial charge in [-0.05, 0) is 41.3 Å². The normalized spacial score (nSPS) is 19.7. The first-order valence-corrected chi connectivity index (χ1v) is 7.97. The highest BCUT2D eigenvalue weighted by molar-refractivity contribution is 5.59. The molecule has 0 saturated heterocycles. The number of hydrogen-bond donors (Lipinski definition) is 1. The summed E-state index contributed by atoms with van der Waals surface area (Å²) in [7, 11) is 0. The minimum Gasteiger partial charge on any atom is -0.378 e. The third-order valence-corrected chi connectivity index (χ3v) is 4.61. The molecule has 1 N–H and O–H groups in total. The fourth-order valence-electron chi connectivity index (χ4n) is 3.46. The molecule has 2 heteroatoms. The Labute approximate surface area is 135 Å². The van der Waals surface area contributed by atoms with E-state index in [1.807, 2.05) is 18.2 Å². The number of rotatable bonds is 2. The molecule has 1 unspecified atom stereocenters. The minimum atomic E-state index is -0.185. The Morgan fingerprint density at radius 2 is 1.43 bits per heavy atom. The molecule has 0 spiro atoms. The SMILES string of the molecule is Fc1ccc(C2C[C@@H](c3ccccc3)Nc3ccccc32)cc1. The molecule has 3 aromatic rings. The summed E-state index contributed by atoms with van der Waals surface area (Å²) in [6.45, 7) is 0. The van der Waals surface area contributed by atoms with Crippen LogP contribution in [0.2, 0.25) is 0 Å². The van der Waals surface area contributed by atoms with Crippen molar-refractivity contribution in [2.45, 2.75) is 18.4 Å². The monoisotopic (exact) mass is 303 g/mol. The van der Waals surface area contributed by atoms with Crippen molar-refractivity contribution in [3.8, 4) is 0 Å². The number of nitrogens with one attached hydrogen (secondary N) is 1. The number of halogens is 1. The highest BCUT2D eigenvalue weighted by atomic mass is 19.1. The van der Waals surface area contributed by atoms with Crippen molar-refractivity contribution < 1.29 is 4.39 Å². The van der Waals surface area contributed by atoms with Gasteiger partial charge in [0.05, 0.1) is 6.04 Å². The lowest BCUT2D eigenvalue weighted by molar-refractivity contribution is 0.598. The molecule has 1 heterocycles. The van der Waals surface area contributed by atoms with Gasteiger partial charge in [-0.25, -0.2) is 4.39 Å². The lowest BCUT2D eigenvalue weighted by Crippen LogP contribution is -2.22. The summed E-state index contributed by atoms with van der Waals surface area (Å²) >= 11 is 0. The van der Waals surface area contributed by atoms with Crippen LogP contribution in [0.1, 0.15) is 35.1 Å². The van der Waals surface area contributed by atoms with Crippen LogP contribution in [0, 0.1) is 5.82 Å². The van der Waals surface area contributed by atoms with Gasteiger partial charge in [0.25, 0.3) is 0 Å². The number of anilines is 1. The van der Waals surface area contributed by atoms with E-state index in [-0.39, 0.29) is 17.8 Å². The third-order valence-electron chi connectivity index (χ3n) is 4.61. The van der Waals surface area contributed by atoms with E-state index in [0.717, 1.165) is 6.42 Å². The van der Waals surface area contributed by atoms with Crippen molar-refractivity contribution in [1.82, 2.24) is 0 Å². The van der Waals surface area contributed by atoms with Crippen LogP contribution in [-0.2, 0) is 0 Å². The molecule has 1 nitrogen and oxygen atoms in total. The number of hydrogen-bond acceptors (Lipinski definition) is 1. The molecule has 0 aliphatic carbocycles. The second-order valence-electron chi connectivity index (χ2n) is 6.03. The first kappa shape index (κ1) is 14.0. The highest BCUT2D eigenvalue weighted by Crippen LogP contribution is 2.43. The molecule has 114 valence electrons. The number of para-hydroxylation sites is 1. The summed E-state index contributed by atoms with van der Waals surface area (Å²) in [4.78, 5) is 0. The van der Waals surface area contributed by atoms with Gasteiger partial charge in [0, 0.05) is 11.6 Å². The molecule has 0 fully saturated rings. The Balaban J connectivity index is 1.76. The fourth-order valence-corrected chi connectivity index (χ4v) is 3.46. The van der Waals surface area contributed by atoms with E-state index in [4.69, 9.17) is 0 Å². The Morgan fingerprint density at radius 3 is 2.22 bits per heavy atom. The Bertz CT molecular complexity index is 796. The molecule has 0 bridgehead atoms. The topological polar surface area (TPSA) is 12.0 Å². The Morgan fingerprint density at radius 1 is 0.739 bits per heavy atom. The van der Waals surface area contributed by atoms with Crippen molar-refractivity contribution >= 4 is 5.69 Å². The lowest BCUT2D eigenvalue weighted by Gasteiger charge is -2.34. The van der Waals surface area contributed by atoms with Crippen molar-refractivity contribution in [3.63, 3.8) is 0 Å². The summed E-state index contributed by atoms with van der Waals surface area (Å²) in [5.41, 5.74) is 4.91. The van der Waals surface area contributed by atoms with Crippen LogP contribution in [0.3, 0.4) is 0 Å². The molecule has 0 aromatic heterocycles. The van der Waals surface area contributed by atoms with Gasteiger partial charge in [0.1, 0.15) is 5.82 Å². The Kier molecular flexibility index (Phi) is 3.58. The van der Waals surface area contributed by atoms with Gasteiger partial charge in [0.2, 0.25) is 0 Å². The van der Waals surface area contributed by atoms with E-state index in [1.54, 1.807) is 12.1 Å². The maximum Gasteiger partial charge on any atom is 0.123 e. The quantitative estimate of drug-likeness (QED) is 0.658. The molecular weight excluding hydrogens is 285 g/mol. The van der Waals surface area contributed by atoms with E-state index in [0.29, 0.717) is 0 Å². The summed E-state index contributed by atoms with van der Waals surface area (Å²) in [5.74, 6) is 0.0915. The van der Waals surface area contributed by atoms with Crippen LogP contribution >= 0.6 is 0 Å². The predicted octanol–water partition coefficient (Wildman–Crippen LogP) is 5.51. The van der Waals surface area contributed by atoms with Crippen molar-refractivity contribution in [2.75, 3.05) is 5.32 Å². The largest absolute Gasteiger partial charge is 0.378 e. The molecule has 1 aliphatic heterocycles. The number of fused-ring (bicyclic) bond motifs is 1. The third kappa shape index (κ3) is 2.72. The standard InChI is InChI=1S/C21H18FN/c22-17-12-10-15(11-13-17)19-14-21(16-6-2-1-3-7-16)23-20-9-5-4-8-18(19)20/h1-13,19,21,23H,14H2/t19?,21-/m0/s1. The molecule has 4 rings (SSSR count). The van der Waals surface area contributed by atoms with E-state index in [1.165, 1.54) is 22.4 Å².